The van der Waals surface area contributed by atoms with Gasteiger partial charge >= 0.3 is 0 Å². The number of alkyl halides is 1. The summed E-state index contributed by atoms with van der Waals surface area (Å²) in [4.78, 5) is 23.3. The van der Waals surface area contributed by atoms with Crippen LogP contribution < -0.4 is 5.32 Å². The van der Waals surface area contributed by atoms with Gasteiger partial charge in [-0.15, -0.1) is 0 Å². The molecule has 5 heteroatoms. The van der Waals surface area contributed by atoms with Crippen LogP contribution in [0.3, 0.4) is 0 Å². The predicted molar refractivity (Wildman–Crippen MR) is 37.7 cm³/mol. The number of nitrogens with zero attached hydrogens (tertiary/aromatic N) is 1. The molecule has 0 aromatic heterocycles. The summed E-state index contributed by atoms with van der Waals surface area (Å²) in [6, 6.07) is 0. The number of nitrogens with one attached hydrogen (secondary N) is 1. The SMILES string of the molecule is O=C1NCC(=O)N2C[C@H](F)C=C12. The van der Waals surface area contributed by atoms with Gasteiger partial charge in [-0.2, -0.15) is 0 Å². The van der Waals surface area contributed by atoms with E-state index in [1.807, 2.05) is 0 Å². The Kier molecular flexibility index (Phi) is 1.39. The van der Waals surface area contributed by atoms with Gasteiger partial charge in [0.2, 0.25) is 5.91 Å². The summed E-state index contributed by atoms with van der Waals surface area (Å²) in [6.45, 7) is -0.0372. The smallest absolute Gasteiger partial charge is 0.268 e. The molecule has 2 heterocycles. The third-order valence-electron chi connectivity index (χ3n) is 1.92. The Morgan fingerprint density at radius 2 is 2.33 bits per heavy atom. The Morgan fingerprint density at radius 1 is 1.58 bits per heavy atom. The van der Waals surface area contributed by atoms with E-state index >= 15 is 0 Å². The molecule has 2 amide bonds. The van der Waals surface area contributed by atoms with Gasteiger partial charge < -0.3 is 10.2 Å². The van der Waals surface area contributed by atoms with Gasteiger partial charge in [0.25, 0.3) is 5.91 Å². The second kappa shape index (κ2) is 2.30. The number of rotatable bonds is 0. The van der Waals surface area contributed by atoms with Crippen molar-refractivity contribution < 1.29 is 14.0 Å². The van der Waals surface area contributed by atoms with Gasteiger partial charge in [-0.3, -0.25) is 9.59 Å². The lowest BCUT2D eigenvalue weighted by atomic mass is 10.3. The first-order valence-corrected chi connectivity index (χ1v) is 3.63. The quantitative estimate of drug-likeness (QED) is 0.516. The molecule has 0 aromatic carbocycles. The Labute approximate surface area is 68.0 Å². The fourth-order valence-corrected chi connectivity index (χ4v) is 1.36. The maximum absolute atomic E-state index is 12.7. The third kappa shape index (κ3) is 0.895. The lowest BCUT2D eigenvalue weighted by molar-refractivity contribution is -0.136. The molecule has 0 unspecified atom stereocenters. The highest BCUT2D eigenvalue weighted by molar-refractivity contribution is 6.03. The van der Waals surface area contributed by atoms with E-state index < -0.39 is 6.17 Å². The first kappa shape index (κ1) is 7.27. The molecule has 0 spiro atoms. The van der Waals surface area contributed by atoms with Crippen LogP contribution in [0.2, 0.25) is 0 Å². The van der Waals surface area contributed by atoms with Crippen molar-refractivity contribution in [2.24, 2.45) is 0 Å². The monoisotopic (exact) mass is 170 g/mol. The first-order chi connectivity index (χ1) is 5.68. The summed E-state index contributed by atoms with van der Waals surface area (Å²) < 4.78 is 12.7. The number of hydrogen-bond acceptors (Lipinski definition) is 2. The topological polar surface area (TPSA) is 49.4 Å². The van der Waals surface area contributed by atoms with Crippen molar-refractivity contribution in [2.45, 2.75) is 6.17 Å². The minimum atomic E-state index is -1.20. The van der Waals surface area contributed by atoms with Gasteiger partial charge in [0.1, 0.15) is 11.9 Å². The van der Waals surface area contributed by atoms with Gasteiger partial charge in [-0.1, -0.05) is 0 Å². The van der Waals surface area contributed by atoms with E-state index in [1.54, 1.807) is 0 Å². The van der Waals surface area contributed by atoms with Crippen LogP contribution in [0.1, 0.15) is 0 Å². The molecule has 1 fully saturated rings. The fraction of sp³-hybridized carbons (Fsp3) is 0.429. The molecule has 64 valence electrons. The molecule has 1 N–H and O–H groups in total. The Morgan fingerprint density at radius 3 is 3.00 bits per heavy atom. The normalized spacial score (nSPS) is 28.2. The molecule has 0 radical (unpaired) electrons. The molecule has 0 aromatic rings. The number of carbonyl (C=O) groups is 2. The van der Waals surface area contributed by atoms with E-state index in [1.165, 1.54) is 11.0 Å². The van der Waals surface area contributed by atoms with Crippen LogP contribution in [0.4, 0.5) is 4.39 Å². The van der Waals surface area contributed by atoms with Crippen molar-refractivity contribution in [1.82, 2.24) is 10.2 Å². The molecule has 0 bridgehead atoms. The molecule has 2 aliphatic rings. The molecule has 2 rings (SSSR count). The van der Waals surface area contributed by atoms with E-state index in [2.05, 4.69) is 5.32 Å². The van der Waals surface area contributed by atoms with Crippen molar-refractivity contribution in [3.8, 4) is 0 Å². The lowest BCUT2D eigenvalue weighted by Crippen LogP contribution is -2.48. The highest BCUT2D eigenvalue weighted by Gasteiger charge is 2.35. The second-order valence-electron chi connectivity index (χ2n) is 2.75. The number of amides is 2. The second-order valence-corrected chi connectivity index (χ2v) is 2.75. The van der Waals surface area contributed by atoms with Crippen LogP contribution in [0.25, 0.3) is 0 Å². The third-order valence-corrected chi connectivity index (χ3v) is 1.92. The van der Waals surface area contributed by atoms with Crippen LogP contribution in [0.5, 0.6) is 0 Å². The molecular weight excluding hydrogens is 163 g/mol. The van der Waals surface area contributed by atoms with Gasteiger partial charge in [-0.25, -0.2) is 4.39 Å². The van der Waals surface area contributed by atoms with E-state index in [9.17, 15) is 14.0 Å². The zero-order valence-corrected chi connectivity index (χ0v) is 6.21. The summed E-state index contributed by atoms with van der Waals surface area (Å²) >= 11 is 0. The minimum Gasteiger partial charge on any atom is -0.342 e. The van der Waals surface area contributed by atoms with Crippen LogP contribution in [0.15, 0.2) is 11.8 Å². The Balaban J connectivity index is 2.32. The van der Waals surface area contributed by atoms with Crippen molar-refractivity contribution in [3.05, 3.63) is 11.8 Å². The van der Waals surface area contributed by atoms with Crippen LogP contribution >= 0.6 is 0 Å². The van der Waals surface area contributed by atoms with Gasteiger partial charge in [0.15, 0.2) is 0 Å². The number of fused-ring (bicyclic) bond motifs is 1. The van der Waals surface area contributed by atoms with E-state index in [0.717, 1.165) is 0 Å². The van der Waals surface area contributed by atoms with Crippen molar-refractivity contribution >= 4 is 11.8 Å². The van der Waals surface area contributed by atoms with Crippen LogP contribution in [-0.2, 0) is 9.59 Å². The lowest BCUT2D eigenvalue weighted by Gasteiger charge is -2.24. The molecule has 12 heavy (non-hydrogen) atoms. The Bertz CT molecular complexity index is 287. The summed E-state index contributed by atoms with van der Waals surface area (Å²) in [5.41, 5.74) is 0.152. The number of carbonyl (C=O) groups excluding carboxylic acids is 2. The van der Waals surface area contributed by atoms with Crippen LogP contribution in [-0.4, -0.2) is 36.0 Å². The highest BCUT2D eigenvalue weighted by Crippen LogP contribution is 2.19. The maximum atomic E-state index is 12.7. The first-order valence-electron chi connectivity index (χ1n) is 3.63. The van der Waals surface area contributed by atoms with E-state index in [-0.39, 0.29) is 30.6 Å². The molecule has 1 saturated heterocycles. The molecule has 4 nitrogen and oxygen atoms in total. The van der Waals surface area contributed by atoms with Gasteiger partial charge in [0, 0.05) is 0 Å². The highest BCUT2D eigenvalue weighted by atomic mass is 19.1. The zero-order chi connectivity index (χ0) is 8.72. The fourth-order valence-electron chi connectivity index (χ4n) is 1.36. The predicted octanol–water partition coefficient (Wildman–Crippen LogP) is -0.820. The van der Waals surface area contributed by atoms with Gasteiger partial charge in [0.05, 0.1) is 13.1 Å². The minimum absolute atomic E-state index is 0.0123. The summed E-state index contributed by atoms with van der Waals surface area (Å²) in [7, 11) is 0. The van der Waals surface area contributed by atoms with Crippen molar-refractivity contribution in [2.75, 3.05) is 13.1 Å². The Hall–Kier alpha value is -1.39. The van der Waals surface area contributed by atoms with Crippen LogP contribution in [0, 0.1) is 0 Å². The largest absolute Gasteiger partial charge is 0.342 e. The van der Waals surface area contributed by atoms with Crippen molar-refractivity contribution in [3.63, 3.8) is 0 Å². The average molecular weight is 170 g/mol. The molecule has 2 aliphatic heterocycles. The van der Waals surface area contributed by atoms with Crippen molar-refractivity contribution in [1.29, 1.82) is 0 Å². The maximum Gasteiger partial charge on any atom is 0.268 e. The summed E-state index contributed by atoms with van der Waals surface area (Å²) in [6.07, 6.45) is -0.0281. The summed E-state index contributed by atoms with van der Waals surface area (Å²) in [5.74, 6) is -0.615. The summed E-state index contributed by atoms with van der Waals surface area (Å²) in [5, 5.41) is 2.36. The molecule has 0 saturated carbocycles. The molecular formula is C7H7FN2O2. The van der Waals surface area contributed by atoms with E-state index in [4.69, 9.17) is 0 Å². The standard InChI is InChI=1S/C7H7FN2O2/c8-4-1-5-7(12)9-2-6(11)10(5)3-4/h1,4H,2-3H2,(H,9,12)/t4-/m1/s1. The molecule has 0 aliphatic carbocycles. The molecule has 1 atom stereocenters. The number of hydrogen-bond donors (Lipinski definition) is 1. The average Bonchev–Trinajstić information content (AvgIpc) is 2.41. The number of halogens is 1. The van der Waals surface area contributed by atoms with E-state index in [0.29, 0.717) is 0 Å². The zero-order valence-electron chi connectivity index (χ0n) is 6.21. The number of piperazine rings is 1. The van der Waals surface area contributed by atoms with Gasteiger partial charge in [-0.05, 0) is 6.08 Å².